The quantitative estimate of drug-likeness (QED) is 0.308. The van der Waals surface area contributed by atoms with Gasteiger partial charge in [-0.1, -0.05) is 24.6 Å². The minimum atomic E-state index is -4.60. The lowest BCUT2D eigenvalue weighted by Gasteiger charge is -2.42. The van der Waals surface area contributed by atoms with E-state index >= 15 is 0 Å². The van der Waals surface area contributed by atoms with Gasteiger partial charge in [0.2, 0.25) is 11.7 Å². The number of aromatic nitrogens is 6. The molecule has 3 aromatic heterocycles. The number of alkyl halides is 3. The van der Waals surface area contributed by atoms with Gasteiger partial charge in [-0.05, 0) is 68.2 Å². The number of anilines is 1. The van der Waals surface area contributed by atoms with Crippen LogP contribution in [0.4, 0.5) is 18.9 Å². The summed E-state index contributed by atoms with van der Waals surface area (Å²) >= 11 is 6.15. The van der Waals surface area contributed by atoms with Crippen LogP contribution >= 0.6 is 11.6 Å². The number of hydrogen-bond donors (Lipinski definition) is 2. The van der Waals surface area contributed by atoms with E-state index in [0.717, 1.165) is 23.8 Å². The molecule has 8 rings (SSSR count). The van der Waals surface area contributed by atoms with Crippen LogP contribution in [0.25, 0.3) is 11.4 Å². The normalized spacial score (nSPS) is 24.0. The van der Waals surface area contributed by atoms with E-state index in [0.29, 0.717) is 68.2 Å². The van der Waals surface area contributed by atoms with Gasteiger partial charge in [0.05, 0.1) is 35.2 Å². The standard InChI is InChI=1S/C34H32ClF3N8O5/c1-16-11-24-26(33(16)7-8-44(23-13-20(23)33)31(50)27-28(48)17(2)39-15-40-27)30(49)46-32(42-29(43-46)18-5-9-51-10-6-18)45(24)14-25(47)41-22-4-3-19(12-21(22)35)34(36,37)38/h3-5,12,15-16,20,23,48H,6-11,13-14H2,1-2H3,(H,41,47). The maximum absolute atomic E-state index is 14.6. The number of carbonyl (C=O) groups is 2. The van der Waals surface area contributed by atoms with Gasteiger partial charge in [-0.3, -0.25) is 14.4 Å². The number of piperidine rings is 1. The van der Waals surface area contributed by atoms with Gasteiger partial charge in [0.25, 0.3) is 11.5 Å². The second-order valence-electron chi connectivity index (χ2n) is 13.6. The van der Waals surface area contributed by atoms with Crippen molar-refractivity contribution in [2.75, 3.05) is 25.1 Å². The van der Waals surface area contributed by atoms with Crippen LogP contribution < -0.4 is 10.9 Å². The first-order valence-electron chi connectivity index (χ1n) is 16.6. The van der Waals surface area contributed by atoms with Crippen LogP contribution in [0.1, 0.15) is 65.0 Å². The van der Waals surface area contributed by atoms with Gasteiger partial charge in [-0.2, -0.15) is 22.7 Å². The van der Waals surface area contributed by atoms with Crippen molar-refractivity contribution in [1.82, 2.24) is 34.0 Å². The summed E-state index contributed by atoms with van der Waals surface area (Å²) < 4.78 is 48.1. The molecule has 1 spiro atoms. The molecule has 2 fully saturated rings. The van der Waals surface area contributed by atoms with E-state index < -0.39 is 29.0 Å². The van der Waals surface area contributed by atoms with E-state index in [-0.39, 0.29) is 57.9 Å². The van der Waals surface area contributed by atoms with E-state index in [1.807, 2.05) is 6.08 Å². The lowest BCUT2D eigenvalue weighted by atomic mass is 9.67. The Bertz CT molecular complexity index is 2240. The Kier molecular flexibility index (Phi) is 7.75. The number of nitrogens with one attached hydrogen (secondary N) is 1. The zero-order chi connectivity index (χ0) is 36.0. The Morgan fingerprint density at radius 2 is 2.04 bits per heavy atom. The molecule has 2 aliphatic carbocycles. The number of rotatable bonds is 5. The number of hydrogen-bond acceptors (Lipinski definition) is 9. The molecule has 4 unspecified atom stereocenters. The van der Waals surface area contributed by atoms with Crippen LogP contribution in [0.5, 0.6) is 5.75 Å². The van der Waals surface area contributed by atoms with Crippen LogP contribution in [0.3, 0.4) is 0 Å². The molecule has 0 bridgehead atoms. The molecule has 17 heteroatoms. The molecule has 2 N–H and O–H groups in total. The fourth-order valence-electron chi connectivity index (χ4n) is 8.33. The molecule has 1 saturated carbocycles. The molecule has 266 valence electrons. The van der Waals surface area contributed by atoms with Gasteiger partial charge >= 0.3 is 6.18 Å². The van der Waals surface area contributed by atoms with Crippen molar-refractivity contribution in [2.24, 2.45) is 11.8 Å². The average molecular weight is 725 g/mol. The molecule has 4 aromatic rings. The summed E-state index contributed by atoms with van der Waals surface area (Å²) in [5.74, 6) is -0.871. The van der Waals surface area contributed by atoms with E-state index in [1.54, 1.807) is 16.4 Å². The molecule has 2 aliphatic heterocycles. The first-order valence-corrected chi connectivity index (χ1v) is 17.0. The zero-order valence-corrected chi connectivity index (χ0v) is 28.3. The highest BCUT2D eigenvalue weighted by molar-refractivity contribution is 6.33. The van der Waals surface area contributed by atoms with Crippen molar-refractivity contribution in [3.05, 3.63) is 80.0 Å². The number of fused-ring (bicyclic) bond motifs is 5. The number of likely N-dealkylation sites (tertiary alicyclic amines) is 1. The summed E-state index contributed by atoms with van der Waals surface area (Å²) in [6.45, 7) is 4.47. The topological polar surface area (TPSA) is 157 Å². The highest BCUT2D eigenvalue weighted by Crippen LogP contribution is 2.62. The number of benzene rings is 1. The van der Waals surface area contributed by atoms with E-state index in [4.69, 9.17) is 21.3 Å². The van der Waals surface area contributed by atoms with Crippen LogP contribution in [-0.4, -0.2) is 76.8 Å². The zero-order valence-electron chi connectivity index (χ0n) is 27.5. The predicted molar refractivity (Wildman–Crippen MR) is 176 cm³/mol. The number of ether oxygens (including phenoxy) is 1. The maximum atomic E-state index is 14.6. The lowest BCUT2D eigenvalue weighted by molar-refractivity contribution is -0.137. The van der Waals surface area contributed by atoms with Crippen molar-refractivity contribution in [3.8, 4) is 5.75 Å². The van der Waals surface area contributed by atoms with Crippen molar-refractivity contribution in [3.63, 3.8) is 0 Å². The van der Waals surface area contributed by atoms with Crippen LogP contribution in [0.2, 0.25) is 5.02 Å². The fraction of sp³-hybridized carbons (Fsp3) is 0.441. The molecule has 1 aromatic carbocycles. The summed E-state index contributed by atoms with van der Waals surface area (Å²) in [7, 11) is 0. The Hall–Kier alpha value is -4.83. The number of carbonyl (C=O) groups excluding carboxylic acids is 2. The fourth-order valence-corrected chi connectivity index (χ4v) is 8.55. The highest BCUT2D eigenvalue weighted by Gasteiger charge is 2.65. The highest BCUT2D eigenvalue weighted by atomic mass is 35.5. The Balaban J connectivity index is 1.18. The summed E-state index contributed by atoms with van der Waals surface area (Å²) in [6, 6.07) is 2.50. The molecular formula is C34H32ClF3N8O5. The third-order valence-corrected chi connectivity index (χ3v) is 11.2. The summed E-state index contributed by atoms with van der Waals surface area (Å²) in [6.07, 6.45) is 0.558. The first-order chi connectivity index (χ1) is 24.3. The largest absolute Gasteiger partial charge is 0.504 e. The summed E-state index contributed by atoms with van der Waals surface area (Å²) in [4.78, 5) is 56.3. The maximum Gasteiger partial charge on any atom is 0.416 e. The molecule has 0 radical (unpaired) electrons. The molecule has 13 nitrogen and oxygen atoms in total. The number of amides is 2. The second kappa shape index (κ2) is 11.9. The van der Waals surface area contributed by atoms with Crippen molar-refractivity contribution < 1.29 is 32.6 Å². The smallest absolute Gasteiger partial charge is 0.416 e. The molecular weight excluding hydrogens is 693 g/mol. The van der Waals surface area contributed by atoms with Gasteiger partial charge < -0.3 is 24.6 Å². The predicted octanol–water partition coefficient (Wildman–Crippen LogP) is 4.17. The van der Waals surface area contributed by atoms with E-state index in [9.17, 15) is 32.7 Å². The van der Waals surface area contributed by atoms with Crippen molar-refractivity contribution >= 4 is 40.5 Å². The Morgan fingerprint density at radius 1 is 1.24 bits per heavy atom. The Morgan fingerprint density at radius 3 is 2.76 bits per heavy atom. The molecule has 4 aliphatic rings. The van der Waals surface area contributed by atoms with Gasteiger partial charge in [0.1, 0.15) is 12.9 Å². The summed E-state index contributed by atoms with van der Waals surface area (Å²) in [5.41, 5.74) is 0.276. The minimum Gasteiger partial charge on any atom is -0.504 e. The molecule has 4 atom stereocenters. The number of halogens is 4. The number of nitrogens with zero attached hydrogens (tertiary/aromatic N) is 7. The van der Waals surface area contributed by atoms with Crippen LogP contribution in [0.15, 0.2) is 35.4 Å². The second-order valence-corrected chi connectivity index (χ2v) is 14.0. The van der Waals surface area contributed by atoms with Crippen molar-refractivity contribution in [1.29, 1.82) is 0 Å². The monoisotopic (exact) mass is 724 g/mol. The third kappa shape index (κ3) is 5.29. The van der Waals surface area contributed by atoms with Gasteiger partial charge in [0.15, 0.2) is 17.3 Å². The first kappa shape index (κ1) is 33.3. The number of aryl methyl sites for hydroxylation is 1. The van der Waals surface area contributed by atoms with Gasteiger partial charge in [-0.25, -0.2) is 9.97 Å². The minimum absolute atomic E-state index is 0.00510. The van der Waals surface area contributed by atoms with Gasteiger partial charge in [0, 0.05) is 29.3 Å². The van der Waals surface area contributed by atoms with Crippen LogP contribution in [0, 0.1) is 18.8 Å². The Labute approximate surface area is 293 Å². The summed E-state index contributed by atoms with van der Waals surface area (Å²) in [5, 5.41) is 17.5. The molecule has 1 saturated heterocycles. The lowest BCUT2D eigenvalue weighted by Crippen LogP contribution is -2.50. The van der Waals surface area contributed by atoms with Crippen LogP contribution in [-0.2, 0) is 34.1 Å². The molecule has 2 amide bonds. The number of aromatic hydroxyl groups is 1. The average Bonchev–Trinajstić information content (AvgIpc) is 3.69. The van der Waals surface area contributed by atoms with E-state index in [1.165, 1.54) is 10.8 Å². The molecule has 51 heavy (non-hydrogen) atoms. The SMILES string of the molecule is Cc1ncnc(C(=O)N2CCC3(c4c(n(CC(=O)Nc5ccc(C(F)(F)F)cc5Cl)c5nc(C6=CCOCC6)nn5c4=O)CC3C)C3CC32)c1O. The van der Waals surface area contributed by atoms with E-state index in [2.05, 4.69) is 27.3 Å². The third-order valence-electron chi connectivity index (χ3n) is 10.9. The van der Waals surface area contributed by atoms with Gasteiger partial charge in [-0.15, -0.1) is 5.10 Å². The molecule has 5 heterocycles. The van der Waals surface area contributed by atoms with Crippen molar-refractivity contribution in [2.45, 2.75) is 63.7 Å².